The lowest BCUT2D eigenvalue weighted by atomic mass is 9.91. The van der Waals surface area contributed by atoms with Gasteiger partial charge in [0.25, 0.3) is 0 Å². The molecule has 0 radical (unpaired) electrons. The molecule has 0 bridgehead atoms. The number of carbonyl (C=O) groups is 1. The number of nitro groups is 1. The van der Waals surface area contributed by atoms with E-state index in [0.717, 1.165) is 39.9 Å². The Bertz CT molecular complexity index is 2230. The average molecular weight is 749 g/mol. The lowest BCUT2D eigenvalue weighted by Gasteiger charge is -2.18. The molecule has 55 heavy (non-hydrogen) atoms. The molecule has 0 spiro atoms. The van der Waals surface area contributed by atoms with Gasteiger partial charge >= 0.3 is 11.7 Å². The number of ether oxygens (including phenoxy) is 2. The van der Waals surface area contributed by atoms with Gasteiger partial charge < -0.3 is 29.3 Å². The summed E-state index contributed by atoms with van der Waals surface area (Å²) in [5.74, 6) is -0.225. The van der Waals surface area contributed by atoms with E-state index in [4.69, 9.17) is 14.0 Å². The first-order valence-corrected chi connectivity index (χ1v) is 17.6. The van der Waals surface area contributed by atoms with Gasteiger partial charge in [0, 0.05) is 42.9 Å². The molecule has 0 unspecified atom stereocenters. The van der Waals surface area contributed by atoms with Crippen LogP contribution in [0.4, 0.5) is 5.69 Å². The summed E-state index contributed by atoms with van der Waals surface area (Å²) in [5.41, 5.74) is 6.29. The number of carboxylic acids is 1. The fourth-order valence-corrected chi connectivity index (χ4v) is 6.51. The number of aliphatic carboxylic acids is 1. The summed E-state index contributed by atoms with van der Waals surface area (Å²) in [6.45, 7) is 4.84. The van der Waals surface area contributed by atoms with Crippen LogP contribution in [0.3, 0.4) is 0 Å². The van der Waals surface area contributed by atoms with Crippen LogP contribution < -0.4 is 14.8 Å². The summed E-state index contributed by atoms with van der Waals surface area (Å²) < 4.78 is 17.8. The highest BCUT2D eigenvalue weighted by Gasteiger charge is 2.25. The van der Waals surface area contributed by atoms with Crippen LogP contribution in [0.15, 0.2) is 77.3 Å². The fraction of sp³-hybridized carbons (Fsp3) is 0.300. The van der Waals surface area contributed by atoms with E-state index in [2.05, 4.69) is 26.4 Å². The Labute approximate surface area is 316 Å². The first kappa shape index (κ1) is 38.5. The SMILES string of the molecule is Cc1c(COc2cc(OCc3cccc(C#N)c3)c(CN[C@@H](CO)C(=O)O)cc2[N+](=O)[O-])cccc1-c1cccc(-c2noc(CN3CC[C@@H](O)C3)n2)c1C. The number of β-amino-alcohol motifs (C(OH)–C–C–N with tert-alkyl or cyclic N) is 1. The molecule has 15 heteroatoms. The molecule has 1 aromatic heterocycles. The second kappa shape index (κ2) is 17.3. The van der Waals surface area contributed by atoms with Gasteiger partial charge in [-0.2, -0.15) is 10.2 Å². The van der Waals surface area contributed by atoms with E-state index in [-0.39, 0.29) is 48.6 Å². The van der Waals surface area contributed by atoms with Gasteiger partial charge in [-0.1, -0.05) is 53.7 Å². The van der Waals surface area contributed by atoms with Gasteiger partial charge in [-0.3, -0.25) is 25.1 Å². The van der Waals surface area contributed by atoms with E-state index in [0.29, 0.717) is 42.4 Å². The first-order valence-electron chi connectivity index (χ1n) is 17.6. The van der Waals surface area contributed by atoms with Gasteiger partial charge in [-0.05, 0) is 65.8 Å². The zero-order valence-electron chi connectivity index (χ0n) is 30.3. The summed E-state index contributed by atoms with van der Waals surface area (Å²) in [5, 5.41) is 57.3. The molecule has 1 aliphatic rings. The Morgan fingerprint density at radius 3 is 2.47 bits per heavy atom. The molecule has 1 fully saturated rings. The van der Waals surface area contributed by atoms with Crippen LogP contribution in [0, 0.1) is 35.3 Å². The monoisotopic (exact) mass is 748 g/mol. The molecule has 0 saturated carbocycles. The van der Waals surface area contributed by atoms with E-state index < -0.39 is 23.5 Å². The smallest absolute Gasteiger partial charge is 0.323 e. The highest BCUT2D eigenvalue weighted by atomic mass is 16.6. The summed E-state index contributed by atoms with van der Waals surface area (Å²) in [7, 11) is 0. The van der Waals surface area contributed by atoms with Gasteiger partial charge in [-0.15, -0.1) is 0 Å². The van der Waals surface area contributed by atoms with Crippen LogP contribution in [0.5, 0.6) is 11.5 Å². The van der Waals surface area contributed by atoms with Crippen molar-refractivity contribution in [2.75, 3.05) is 19.7 Å². The van der Waals surface area contributed by atoms with E-state index in [1.54, 1.807) is 24.3 Å². The molecule has 4 aromatic carbocycles. The quantitative estimate of drug-likeness (QED) is 0.0766. The molecule has 284 valence electrons. The number of likely N-dealkylation sites (tertiary alicyclic amines) is 1. The van der Waals surface area contributed by atoms with Crippen molar-refractivity contribution in [2.24, 2.45) is 0 Å². The molecule has 2 atom stereocenters. The maximum absolute atomic E-state index is 12.3. The number of aromatic nitrogens is 2. The number of nitrogens with one attached hydrogen (secondary N) is 1. The van der Waals surface area contributed by atoms with Gasteiger partial charge in [0.1, 0.15) is 25.0 Å². The Kier molecular flexibility index (Phi) is 12.1. The minimum atomic E-state index is -1.31. The van der Waals surface area contributed by atoms with Crippen molar-refractivity contribution in [3.05, 3.63) is 122 Å². The van der Waals surface area contributed by atoms with Crippen LogP contribution in [0.2, 0.25) is 0 Å². The number of nitrogens with zero attached hydrogens (tertiary/aromatic N) is 5. The lowest BCUT2D eigenvalue weighted by molar-refractivity contribution is -0.386. The Morgan fingerprint density at radius 2 is 1.76 bits per heavy atom. The van der Waals surface area contributed by atoms with Gasteiger partial charge in [0.15, 0.2) is 0 Å². The lowest BCUT2D eigenvalue weighted by Crippen LogP contribution is -2.39. The Hall–Kier alpha value is -6.18. The molecular formula is C40H40N6O9. The maximum Gasteiger partial charge on any atom is 0.323 e. The van der Waals surface area contributed by atoms with Crippen molar-refractivity contribution in [3.63, 3.8) is 0 Å². The minimum Gasteiger partial charge on any atom is -0.488 e. The molecular weight excluding hydrogens is 708 g/mol. The van der Waals surface area contributed by atoms with Crippen molar-refractivity contribution in [2.45, 2.75) is 58.7 Å². The normalized spacial score (nSPS) is 14.7. The van der Waals surface area contributed by atoms with Crippen LogP contribution >= 0.6 is 0 Å². The molecule has 15 nitrogen and oxygen atoms in total. The molecule has 1 saturated heterocycles. The largest absolute Gasteiger partial charge is 0.488 e. The summed E-state index contributed by atoms with van der Waals surface area (Å²) in [6, 6.07) is 21.8. The zero-order chi connectivity index (χ0) is 39.1. The molecule has 4 N–H and O–H groups in total. The number of rotatable bonds is 16. The second-order valence-electron chi connectivity index (χ2n) is 13.3. The number of hydrogen-bond donors (Lipinski definition) is 4. The number of benzene rings is 4. The standard InChI is InChI=1S/C40H40N6O9/c1-24-28(8-4-9-31(24)32-10-5-11-33(25(32)2)39-43-38(55-44-39)20-45-13-12-30(48)19-45)23-54-37-16-36(53-22-27-7-3-6-26(14-27)17-41)29(15-35(37)46(51)52)18-42-34(21-47)40(49)50/h3-11,14-16,30,34,42,47-48H,12-13,18-23H2,1-2H3,(H,49,50)/t30-,34+/m1/s1. The van der Waals surface area contributed by atoms with E-state index in [1.807, 2.05) is 50.2 Å². The third-order valence-electron chi connectivity index (χ3n) is 9.58. The molecule has 2 heterocycles. The number of hydrogen-bond acceptors (Lipinski definition) is 13. The van der Waals surface area contributed by atoms with Gasteiger partial charge in [0.05, 0.1) is 35.8 Å². The highest BCUT2D eigenvalue weighted by molar-refractivity contribution is 5.78. The highest BCUT2D eigenvalue weighted by Crippen LogP contribution is 2.37. The van der Waals surface area contributed by atoms with Crippen LogP contribution in [0.1, 0.15) is 45.7 Å². The Balaban J connectivity index is 1.26. The molecule has 0 aliphatic carbocycles. The van der Waals surface area contributed by atoms with Crippen molar-refractivity contribution in [1.82, 2.24) is 20.4 Å². The van der Waals surface area contributed by atoms with Crippen LogP contribution in [-0.2, 0) is 31.1 Å². The first-order chi connectivity index (χ1) is 26.5. The molecule has 5 aromatic rings. The number of carboxylic acid groups (broad SMARTS) is 1. The number of aliphatic hydroxyl groups is 2. The zero-order valence-corrected chi connectivity index (χ0v) is 30.3. The van der Waals surface area contributed by atoms with Gasteiger partial charge in [0.2, 0.25) is 17.5 Å². The van der Waals surface area contributed by atoms with E-state index in [1.165, 1.54) is 12.1 Å². The summed E-state index contributed by atoms with van der Waals surface area (Å²) in [6.07, 6.45) is 0.365. The predicted molar refractivity (Wildman–Crippen MR) is 199 cm³/mol. The van der Waals surface area contributed by atoms with E-state index >= 15 is 0 Å². The van der Waals surface area contributed by atoms with Crippen LogP contribution in [-0.4, -0.2) is 73.1 Å². The molecule has 0 amide bonds. The molecule has 6 rings (SSSR count). The van der Waals surface area contributed by atoms with Crippen molar-refractivity contribution in [3.8, 4) is 40.1 Å². The second-order valence-corrected chi connectivity index (χ2v) is 13.3. The van der Waals surface area contributed by atoms with Crippen molar-refractivity contribution >= 4 is 11.7 Å². The Morgan fingerprint density at radius 1 is 1.04 bits per heavy atom. The van der Waals surface area contributed by atoms with E-state index in [9.17, 15) is 35.5 Å². The third-order valence-corrected chi connectivity index (χ3v) is 9.58. The number of nitriles is 1. The number of nitro benzene ring substituents is 1. The maximum atomic E-state index is 12.3. The van der Waals surface area contributed by atoms with Crippen molar-refractivity contribution < 1.29 is 39.0 Å². The average Bonchev–Trinajstić information content (AvgIpc) is 3.82. The van der Waals surface area contributed by atoms with Crippen molar-refractivity contribution in [1.29, 1.82) is 5.26 Å². The molecule has 1 aliphatic heterocycles. The minimum absolute atomic E-state index is 0.00937. The third kappa shape index (κ3) is 9.14. The fourth-order valence-electron chi connectivity index (χ4n) is 6.51. The predicted octanol–water partition coefficient (Wildman–Crippen LogP) is 5.06. The topological polar surface area (TPSA) is 217 Å². The summed E-state index contributed by atoms with van der Waals surface area (Å²) in [4.78, 5) is 30.0. The van der Waals surface area contributed by atoms with Crippen LogP contribution in [0.25, 0.3) is 22.5 Å². The summed E-state index contributed by atoms with van der Waals surface area (Å²) >= 11 is 0. The van der Waals surface area contributed by atoms with Gasteiger partial charge in [-0.25, -0.2) is 0 Å². The number of aliphatic hydroxyl groups excluding tert-OH is 2.